The van der Waals surface area contributed by atoms with Gasteiger partial charge in [-0.25, -0.2) is 0 Å². The van der Waals surface area contributed by atoms with E-state index in [0.717, 1.165) is 16.7 Å². The third-order valence-corrected chi connectivity index (χ3v) is 6.11. The zero-order valence-corrected chi connectivity index (χ0v) is 19.1. The van der Waals surface area contributed by atoms with Gasteiger partial charge in [-0.3, -0.25) is 9.59 Å². The van der Waals surface area contributed by atoms with Crippen LogP contribution in [0.15, 0.2) is 72.8 Å². The molecule has 1 heterocycles. The van der Waals surface area contributed by atoms with E-state index in [1.54, 1.807) is 25.2 Å². The van der Waals surface area contributed by atoms with Gasteiger partial charge in [0, 0.05) is 12.1 Å². The van der Waals surface area contributed by atoms with Crippen molar-refractivity contribution in [2.75, 3.05) is 20.8 Å². The van der Waals surface area contributed by atoms with E-state index in [0.29, 0.717) is 30.0 Å². The van der Waals surface area contributed by atoms with Crippen molar-refractivity contribution in [2.45, 2.75) is 25.4 Å². The first-order valence-corrected chi connectivity index (χ1v) is 11.0. The van der Waals surface area contributed by atoms with Crippen LogP contribution in [-0.2, 0) is 11.2 Å². The number of ether oxygens (including phenoxy) is 2. The summed E-state index contributed by atoms with van der Waals surface area (Å²) in [5, 5.41) is 3.03. The second-order valence-electron chi connectivity index (χ2n) is 8.02. The number of hydrogen-bond acceptors (Lipinski definition) is 4. The molecular weight excluding hydrogens is 416 g/mol. The van der Waals surface area contributed by atoms with E-state index >= 15 is 0 Å². The largest absolute Gasteiger partial charge is 0.493 e. The van der Waals surface area contributed by atoms with Crippen LogP contribution < -0.4 is 14.8 Å². The van der Waals surface area contributed by atoms with Crippen LogP contribution in [0.5, 0.6) is 11.5 Å². The van der Waals surface area contributed by atoms with Crippen LogP contribution in [0.1, 0.15) is 46.1 Å². The Labute approximate surface area is 194 Å². The monoisotopic (exact) mass is 444 g/mol. The third-order valence-electron chi connectivity index (χ3n) is 6.11. The van der Waals surface area contributed by atoms with Gasteiger partial charge in [-0.1, -0.05) is 54.6 Å². The maximum Gasteiger partial charge on any atom is 0.255 e. The molecule has 1 aliphatic rings. The summed E-state index contributed by atoms with van der Waals surface area (Å²) in [6.07, 6.45) is 0.628. The van der Waals surface area contributed by atoms with Crippen molar-refractivity contribution >= 4 is 11.8 Å². The van der Waals surface area contributed by atoms with Crippen molar-refractivity contribution in [1.82, 2.24) is 10.2 Å². The van der Waals surface area contributed by atoms with Crippen molar-refractivity contribution in [2.24, 2.45) is 0 Å². The molecule has 3 aromatic carbocycles. The van der Waals surface area contributed by atoms with Gasteiger partial charge in [0.1, 0.15) is 6.04 Å². The second-order valence-corrected chi connectivity index (χ2v) is 8.02. The Hall–Kier alpha value is -3.80. The molecule has 1 N–H and O–H groups in total. The fourth-order valence-electron chi connectivity index (χ4n) is 4.36. The van der Waals surface area contributed by atoms with Gasteiger partial charge in [-0.2, -0.15) is 0 Å². The van der Waals surface area contributed by atoms with Gasteiger partial charge < -0.3 is 19.7 Å². The summed E-state index contributed by atoms with van der Waals surface area (Å²) in [7, 11) is 3.20. The number of amides is 2. The highest BCUT2D eigenvalue weighted by Crippen LogP contribution is 2.39. The molecule has 0 aromatic heterocycles. The van der Waals surface area contributed by atoms with Crippen molar-refractivity contribution in [3.05, 3.63) is 95.1 Å². The highest BCUT2D eigenvalue weighted by molar-refractivity contribution is 6.04. The van der Waals surface area contributed by atoms with Crippen LogP contribution in [0.25, 0.3) is 0 Å². The number of hydrogen-bond donors (Lipinski definition) is 1. The van der Waals surface area contributed by atoms with Gasteiger partial charge >= 0.3 is 0 Å². The summed E-state index contributed by atoms with van der Waals surface area (Å²) >= 11 is 0. The van der Waals surface area contributed by atoms with Crippen LogP contribution >= 0.6 is 0 Å². The smallest absolute Gasteiger partial charge is 0.255 e. The van der Waals surface area contributed by atoms with E-state index in [1.807, 2.05) is 73.7 Å². The summed E-state index contributed by atoms with van der Waals surface area (Å²) < 4.78 is 10.6. The molecule has 170 valence electrons. The Morgan fingerprint density at radius 1 is 0.970 bits per heavy atom. The third kappa shape index (κ3) is 4.42. The fraction of sp³-hybridized carbons (Fsp3) is 0.259. The molecule has 3 aromatic rings. The molecule has 2 unspecified atom stereocenters. The van der Waals surface area contributed by atoms with Crippen molar-refractivity contribution in [3.63, 3.8) is 0 Å². The number of rotatable bonds is 8. The first-order chi connectivity index (χ1) is 16.0. The van der Waals surface area contributed by atoms with Gasteiger partial charge in [-0.05, 0) is 48.2 Å². The van der Waals surface area contributed by atoms with E-state index in [-0.39, 0.29) is 17.9 Å². The van der Waals surface area contributed by atoms with Gasteiger partial charge in [0.25, 0.3) is 5.91 Å². The van der Waals surface area contributed by atoms with Crippen molar-refractivity contribution < 1.29 is 19.1 Å². The maximum atomic E-state index is 13.4. The Morgan fingerprint density at radius 2 is 1.67 bits per heavy atom. The van der Waals surface area contributed by atoms with Crippen LogP contribution in [0.4, 0.5) is 0 Å². The van der Waals surface area contributed by atoms with Crippen molar-refractivity contribution in [3.8, 4) is 11.5 Å². The van der Waals surface area contributed by atoms with Crippen LogP contribution in [-0.4, -0.2) is 37.5 Å². The molecule has 6 nitrogen and oxygen atoms in total. The Bertz CT molecular complexity index is 1150. The standard InChI is InChI=1S/C27H28N2O4/c1-18(20-9-5-4-6-10-20)29-25(21-11-7-8-12-22(21)27(29)31)26(30)28-16-15-19-13-14-23(32-2)24(17-19)33-3/h4-14,17-18,25H,15-16H2,1-3H3,(H,28,30). The first-order valence-electron chi connectivity index (χ1n) is 11.0. The molecule has 0 fully saturated rings. The average molecular weight is 445 g/mol. The molecule has 0 radical (unpaired) electrons. The zero-order chi connectivity index (χ0) is 23.4. The summed E-state index contributed by atoms with van der Waals surface area (Å²) in [6, 6.07) is 21.9. The first kappa shape index (κ1) is 22.4. The molecule has 2 amide bonds. The minimum absolute atomic E-state index is 0.123. The summed E-state index contributed by atoms with van der Waals surface area (Å²) in [6.45, 7) is 2.40. The molecule has 2 atom stereocenters. The SMILES string of the molecule is COc1ccc(CCNC(=O)C2c3ccccc3C(=O)N2C(C)c2ccccc2)cc1OC. The molecule has 4 rings (SSSR count). The number of carbonyl (C=O) groups excluding carboxylic acids is 2. The lowest BCUT2D eigenvalue weighted by molar-refractivity contribution is -0.126. The second kappa shape index (κ2) is 9.77. The number of benzene rings is 3. The normalized spacial score (nSPS) is 15.7. The van der Waals surface area contributed by atoms with E-state index < -0.39 is 6.04 Å². The van der Waals surface area contributed by atoms with Crippen LogP contribution in [0.2, 0.25) is 0 Å². The minimum Gasteiger partial charge on any atom is -0.493 e. The van der Waals surface area contributed by atoms with E-state index in [9.17, 15) is 9.59 Å². The number of carbonyl (C=O) groups is 2. The lowest BCUT2D eigenvalue weighted by atomic mass is 10.0. The van der Waals surface area contributed by atoms with E-state index in [4.69, 9.17) is 9.47 Å². The topological polar surface area (TPSA) is 67.9 Å². The molecular formula is C27H28N2O4. The number of fused-ring (bicyclic) bond motifs is 1. The number of methoxy groups -OCH3 is 2. The highest BCUT2D eigenvalue weighted by Gasteiger charge is 2.43. The predicted molar refractivity (Wildman–Crippen MR) is 126 cm³/mol. The molecule has 33 heavy (non-hydrogen) atoms. The van der Waals surface area contributed by atoms with Crippen LogP contribution in [0, 0.1) is 0 Å². The Balaban J connectivity index is 1.52. The molecule has 0 saturated heterocycles. The minimum atomic E-state index is -0.672. The van der Waals surface area contributed by atoms with Crippen molar-refractivity contribution in [1.29, 1.82) is 0 Å². The lowest BCUT2D eigenvalue weighted by Gasteiger charge is -2.31. The average Bonchev–Trinajstić information content (AvgIpc) is 3.16. The number of nitrogens with one attached hydrogen (secondary N) is 1. The quantitative estimate of drug-likeness (QED) is 0.562. The van der Waals surface area contributed by atoms with Gasteiger partial charge in [0.15, 0.2) is 11.5 Å². The molecule has 0 spiro atoms. The predicted octanol–water partition coefficient (Wildman–Crippen LogP) is 4.32. The number of nitrogens with zero attached hydrogens (tertiary/aromatic N) is 1. The Morgan fingerprint density at radius 3 is 2.39 bits per heavy atom. The summed E-state index contributed by atoms with van der Waals surface area (Å²) in [5.74, 6) is 1.01. The van der Waals surface area contributed by atoms with E-state index in [2.05, 4.69) is 5.32 Å². The van der Waals surface area contributed by atoms with E-state index in [1.165, 1.54) is 0 Å². The molecule has 6 heteroatoms. The van der Waals surface area contributed by atoms with Gasteiger partial charge in [0.05, 0.1) is 20.3 Å². The summed E-state index contributed by atoms with van der Waals surface area (Å²) in [4.78, 5) is 28.3. The lowest BCUT2D eigenvalue weighted by Crippen LogP contribution is -2.41. The highest BCUT2D eigenvalue weighted by atomic mass is 16.5. The molecule has 0 saturated carbocycles. The molecule has 1 aliphatic heterocycles. The maximum absolute atomic E-state index is 13.4. The van der Waals surface area contributed by atoms with Gasteiger partial charge in [0.2, 0.25) is 5.91 Å². The van der Waals surface area contributed by atoms with Gasteiger partial charge in [-0.15, -0.1) is 0 Å². The summed E-state index contributed by atoms with van der Waals surface area (Å²) in [5.41, 5.74) is 3.33. The van der Waals surface area contributed by atoms with Crippen LogP contribution in [0.3, 0.4) is 0 Å². The Kier molecular flexibility index (Phi) is 6.63. The molecule has 0 bridgehead atoms. The fourth-order valence-corrected chi connectivity index (χ4v) is 4.36. The molecule has 0 aliphatic carbocycles. The zero-order valence-electron chi connectivity index (χ0n) is 19.1.